The van der Waals surface area contributed by atoms with Gasteiger partial charge in [-0.15, -0.1) is 0 Å². The molecule has 0 radical (unpaired) electrons. The second kappa shape index (κ2) is 62.3. The summed E-state index contributed by atoms with van der Waals surface area (Å²) >= 11 is 0. The van der Waals surface area contributed by atoms with Gasteiger partial charge in [-0.05, 0) is 51.4 Å². The molecule has 0 aromatic heterocycles. The van der Waals surface area contributed by atoms with Crippen LogP contribution in [0.1, 0.15) is 361 Å². The number of aliphatic hydroxyl groups is 1. The summed E-state index contributed by atoms with van der Waals surface area (Å²) in [5, 5.41) is 14.0. The Hall–Kier alpha value is -1.28. The monoisotopic (exact) mass is 1150 g/mol. The SMILES string of the molecule is CCCCCCCCCCC/C=C\C/C=C\CCCCCCCCCCCCCCCCCCCC(=O)NC(COP(=O)(O)OCC[N+](C)(C)C)C(O)/C=C/CCCCCCCCCCCCCCCCCCCCCCCCC. The number of likely N-dealkylation sites (N-methyl/N-ethyl adjacent to an activating group) is 1. The maximum Gasteiger partial charge on any atom is 0.472 e. The van der Waals surface area contributed by atoms with E-state index in [1.54, 1.807) is 6.08 Å². The van der Waals surface area contributed by atoms with Crippen LogP contribution in [-0.2, 0) is 18.4 Å². The number of allylic oxidation sites excluding steroid dienone is 5. The molecule has 0 aromatic carbocycles. The van der Waals surface area contributed by atoms with Crippen LogP contribution in [0.2, 0.25) is 0 Å². The summed E-state index contributed by atoms with van der Waals surface area (Å²) in [5.41, 5.74) is 0. The number of nitrogens with zero attached hydrogens (tertiary/aromatic N) is 1. The van der Waals surface area contributed by atoms with Gasteiger partial charge < -0.3 is 19.8 Å². The lowest BCUT2D eigenvalue weighted by Crippen LogP contribution is -2.45. The van der Waals surface area contributed by atoms with Crippen LogP contribution in [-0.4, -0.2) is 73.4 Å². The van der Waals surface area contributed by atoms with Crippen LogP contribution >= 0.6 is 7.82 Å². The molecular weight excluding hydrogens is 1010 g/mol. The van der Waals surface area contributed by atoms with Crippen LogP contribution in [0.25, 0.3) is 0 Å². The average Bonchev–Trinajstić information content (AvgIpc) is 3.42. The fourth-order valence-electron chi connectivity index (χ4n) is 10.8. The van der Waals surface area contributed by atoms with E-state index in [2.05, 4.69) is 43.5 Å². The summed E-state index contributed by atoms with van der Waals surface area (Å²) < 4.78 is 23.8. The number of hydrogen-bond acceptors (Lipinski definition) is 5. The molecule has 8 nitrogen and oxygen atoms in total. The lowest BCUT2D eigenvalue weighted by atomic mass is 10.0. The van der Waals surface area contributed by atoms with E-state index < -0.39 is 20.0 Å². The van der Waals surface area contributed by atoms with Gasteiger partial charge in [-0.1, -0.05) is 339 Å². The number of phosphoric acid groups is 1. The third kappa shape index (κ3) is 64.3. The molecule has 0 fully saturated rings. The summed E-state index contributed by atoms with van der Waals surface area (Å²) in [6, 6.07) is -0.847. The van der Waals surface area contributed by atoms with Crippen molar-refractivity contribution >= 4 is 13.7 Å². The van der Waals surface area contributed by atoms with Crippen molar-refractivity contribution < 1.29 is 32.9 Å². The maximum atomic E-state index is 13.1. The van der Waals surface area contributed by atoms with Crippen LogP contribution in [0.5, 0.6) is 0 Å². The molecule has 0 heterocycles. The Balaban J connectivity index is 4.03. The molecule has 0 aliphatic rings. The second-order valence-electron chi connectivity index (χ2n) is 25.6. The number of carbonyl (C=O) groups excluding carboxylic acids is 1. The van der Waals surface area contributed by atoms with E-state index in [1.807, 2.05) is 27.2 Å². The van der Waals surface area contributed by atoms with Crippen molar-refractivity contribution in [2.75, 3.05) is 40.9 Å². The number of carbonyl (C=O) groups is 1. The van der Waals surface area contributed by atoms with Crippen molar-refractivity contribution in [3.05, 3.63) is 36.5 Å². The highest BCUT2D eigenvalue weighted by atomic mass is 31.2. The number of hydrogen-bond donors (Lipinski definition) is 3. The van der Waals surface area contributed by atoms with Gasteiger partial charge in [-0.2, -0.15) is 0 Å². The largest absolute Gasteiger partial charge is 0.472 e. The first kappa shape index (κ1) is 78.7. The lowest BCUT2D eigenvalue weighted by Gasteiger charge is -2.25. The topological polar surface area (TPSA) is 105 Å². The number of aliphatic hydroxyl groups excluding tert-OH is 1. The van der Waals surface area contributed by atoms with Crippen molar-refractivity contribution in [2.24, 2.45) is 0 Å². The molecule has 3 atom stereocenters. The molecule has 0 spiro atoms. The van der Waals surface area contributed by atoms with Gasteiger partial charge in [0.15, 0.2) is 0 Å². The standard InChI is InChI=1S/C71H139N2O6P/c1-6-8-10-12-14-16-18-20-22-24-26-28-30-32-33-34-35-36-37-38-39-41-43-45-47-49-51-53-55-57-59-61-63-65-71(75)72-69(68-79-80(76,77)78-67-66-73(3,4)5)70(74)64-62-60-58-56-54-52-50-48-46-44-42-40-31-29-27-25-23-21-19-17-15-13-11-9-7-2/h26,28,32-33,62,64,69-70,74H,6-25,27,29-31,34-61,63,65-68H2,1-5H3,(H-,72,75,76,77)/p+1/b28-26-,33-32-,64-62+. The normalized spacial score (nSPS) is 13.8. The van der Waals surface area contributed by atoms with Gasteiger partial charge in [0.25, 0.3) is 0 Å². The van der Waals surface area contributed by atoms with Crippen molar-refractivity contribution in [2.45, 2.75) is 373 Å². The minimum absolute atomic E-state index is 0.0633. The summed E-state index contributed by atoms with van der Waals surface area (Å²) in [7, 11) is 1.59. The predicted octanol–water partition coefficient (Wildman–Crippen LogP) is 22.4. The average molecular weight is 1150 g/mol. The summed E-state index contributed by atoms with van der Waals surface area (Å²) in [4.78, 5) is 23.4. The van der Waals surface area contributed by atoms with E-state index in [1.165, 1.54) is 302 Å². The van der Waals surface area contributed by atoms with Gasteiger partial charge in [0, 0.05) is 6.42 Å². The summed E-state index contributed by atoms with van der Waals surface area (Å²) in [6.07, 6.45) is 82.9. The number of amides is 1. The number of unbranched alkanes of at least 4 members (excludes halogenated alkanes) is 49. The highest BCUT2D eigenvalue weighted by molar-refractivity contribution is 7.47. The summed E-state index contributed by atoms with van der Waals surface area (Å²) in [5.74, 6) is -0.170. The fraction of sp³-hybridized carbons (Fsp3) is 0.901. The summed E-state index contributed by atoms with van der Waals surface area (Å²) in [6.45, 7) is 4.87. The van der Waals surface area contributed by atoms with Gasteiger partial charge >= 0.3 is 7.82 Å². The molecule has 0 rings (SSSR count). The van der Waals surface area contributed by atoms with Gasteiger partial charge in [-0.3, -0.25) is 13.8 Å². The number of phosphoric ester groups is 1. The molecule has 0 bridgehead atoms. The molecule has 0 aliphatic heterocycles. The van der Waals surface area contributed by atoms with Gasteiger partial charge in [0.2, 0.25) is 5.91 Å². The fourth-order valence-corrected chi connectivity index (χ4v) is 11.6. The number of rotatable bonds is 66. The number of nitrogens with one attached hydrogen (secondary N) is 1. The minimum Gasteiger partial charge on any atom is -0.387 e. The molecule has 0 aromatic rings. The first-order valence-corrected chi connectivity index (χ1v) is 36.9. The van der Waals surface area contributed by atoms with E-state index >= 15 is 0 Å². The molecule has 80 heavy (non-hydrogen) atoms. The van der Waals surface area contributed by atoms with Gasteiger partial charge in [0.1, 0.15) is 13.2 Å². The van der Waals surface area contributed by atoms with Crippen LogP contribution in [0.4, 0.5) is 0 Å². The van der Waals surface area contributed by atoms with Crippen LogP contribution < -0.4 is 5.32 Å². The molecular formula is C71H140N2O6P+. The van der Waals surface area contributed by atoms with E-state index in [0.29, 0.717) is 17.4 Å². The predicted molar refractivity (Wildman–Crippen MR) is 351 cm³/mol. The van der Waals surface area contributed by atoms with Crippen LogP contribution in [0, 0.1) is 0 Å². The molecule has 0 saturated heterocycles. The Bertz CT molecular complexity index is 1400. The maximum absolute atomic E-state index is 13.1. The zero-order valence-electron chi connectivity index (χ0n) is 54.3. The zero-order chi connectivity index (χ0) is 58.4. The molecule has 0 aliphatic carbocycles. The van der Waals surface area contributed by atoms with E-state index in [9.17, 15) is 19.4 Å². The van der Waals surface area contributed by atoms with Crippen molar-refractivity contribution in [3.63, 3.8) is 0 Å². The molecule has 474 valence electrons. The number of quaternary nitrogens is 1. The van der Waals surface area contributed by atoms with Crippen LogP contribution in [0.3, 0.4) is 0 Å². The van der Waals surface area contributed by atoms with Crippen molar-refractivity contribution in [1.82, 2.24) is 5.32 Å². The molecule has 3 N–H and O–H groups in total. The first-order valence-electron chi connectivity index (χ1n) is 35.4. The third-order valence-corrected chi connectivity index (χ3v) is 17.3. The lowest BCUT2D eigenvalue weighted by molar-refractivity contribution is -0.870. The van der Waals surface area contributed by atoms with Crippen molar-refractivity contribution in [3.8, 4) is 0 Å². The Morgan fingerprint density at radius 1 is 0.425 bits per heavy atom. The van der Waals surface area contributed by atoms with E-state index in [4.69, 9.17) is 9.05 Å². The van der Waals surface area contributed by atoms with Crippen LogP contribution in [0.15, 0.2) is 36.5 Å². The Morgan fingerprint density at radius 3 is 1.02 bits per heavy atom. The van der Waals surface area contributed by atoms with Gasteiger partial charge in [-0.25, -0.2) is 4.57 Å². The highest BCUT2D eigenvalue weighted by Crippen LogP contribution is 2.43. The molecule has 9 heteroatoms. The highest BCUT2D eigenvalue weighted by Gasteiger charge is 2.28. The third-order valence-electron chi connectivity index (χ3n) is 16.4. The molecule has 0 saturated carbocycles. The van der Waals surface area contributed by atoms with Gasteiger partial charge in [0.05, 0.1) is 39.9 Å². The van der Waals surface area contributed by atoms with Crippen molar-refractivity contribution in [1.29, 1.82) is 0 Å². The van der Waals surface area contributed by atoms with E-state index in [0.717, 1.165) is 38.5 Å². The Kier molecular flexibility index (Phi) is 61.3. The first-order chi connectivity index (χ1) is 39.0. The van der Waals surface area contributed by atoms with E-state index in [-0.39, 0.29) is 19.1 Å². The Labute approximate surface area is 499 Å². The molecule has 3 unspecified atom stereocenters. The second-order valence-corrected chi connectivity index (χ2v) is 27.1. The Morgan fingerprint density at radius 2 is 0.713 bits per heavy atom. The minimum atomic E-state index is -4.35. The quantitative estimate of drug-likeness (QED) is 0.0243. The molecule has 1 amide bonds. The zero-order valence-corrected chi connectivity index (χ0v) is 55.2. The smallest absolute Gasteiger partial charge is 0.387 e.